The first-order valence-corrected chi connectivity index (χ1v) is 2.98. The Morgan fingerprint density at radius 2 is 1.88 bits per heavy atom. The van der Waals surface area contributed by atoms with Gasteiger partial charge in [-0.15, -0.1) is 0 Å². The molecule has 0 atom stereocenters. The van der Waals surface area contributed by atoms with Gasteiger partial charge in [-0.1, -0.05) is 12.5 Å². The van der Waals surface area contributed by atoms with Gasteiger partial charge in [0, 0.05) is 0 Å². The number of aliphatic hydroxyl groups is 1. The first-order chi connectivity index (χ1) is 3.72. The van der Waals surface area contributed by atoms with Crippen molar-refractivity contribution >= 4 is 0 Å². The molecule has 0 heterocycles. The van der Waals surface area contributed by atoms with Gasteiger partial charge in [-0.05, 0) is 25.8 Å². The van der Waals surface area contributed by atoms with Crippen LogP contribution in [0, 0.1) is 0 Å². The van der Waals surface area contributed by atoms with Gasteiger partial charge >= 0.3 is 0 Å². The molecule has 1 nitrogen and oxygen atoms in total. The van der Waals surface area contributed by atoms with Gasteiger partial charge in [0.1, 0.15) is 0 Å². The third-order valence-corrected chi connectivity index (χ3v) is 1.32. The van der Waals surface area contributed by atoms with E-state index in [1.54, 1.807) is 0 Å². The summed E-state index contributed by atoms with van der Waals surface area (Å²) in [7, 11) is 0. The van der Waals surface area contributed by atoms with Crippen molar-refractivity contribution in [3.05, 3.63) is 11.1 Å². The van der Waals surface area contributed by atoms with E-state index >= 15 is 0 Å². The lowest BCUT2D eigenvalue weighted by molar-refractivity contribution is 0.326. The molecule has 0 saturated heterocycles. The van der Waals surface area contributed by atoms with Crippen LogP contribution in [-0.2, 0) is 0 Å². The van der Waals surface area contributed by atoms with Crippen LogP contribution in [0.15, 0.2) is 11.1 Å². The second-order valence-corrected chi connectivity index (χ2v) is 2.12. The number of rotatable bonds is 2. The van der Waals surface area contributed by atoms with Gasteiger partial charge in [0.25, 0.3) is 0 Å². The van der Waals surface area contributed by atoms with Crippen LogP contribution in [0.3, 0.4) is 0 Å². The molecule has 48 valence electrons. The monoisotopic (exact) mass is 114 g/mol. The van der Waals surface area contributed by atoms with Crippen LogP contribution in [0.25, 0.3) is 0 Å². The molecule has 0 saturated carbocycles. The van der Waals surface area contributed by atoms with Crippen molar-refractivity contribution in [2.24, 2.45) is 0 Å². The predicted octanol–water partition coefficient (Wildman–Crippen LogP) is 1.73. The standard InChI is InChI=1S/C7H14O/c1-4-7(5-8)6(2)3/h8H,4-5H2,1-3H3. The second-order valence-electron chi connectivity index (χ2n) is 2.12. The summed E-state index contributed by atoms with van der Waals surface area (Å²) in [5.74, 6) is 0. The van der Waals surface area contributed by atoms with E-state index < -0.39 is 0 Å². The fraction of sp³-hybridized carbons (Fsp3) is 0.714. The Hall–Kier alpha value is -0.300. The third kappa shape index (κ3) is 2.12. The molecule has 0 rings (SSSR count). The summed E-state index contributed by atoms with van der Waals surface area (Å²) in [6.07, 6.45) is 0.971. The maximum absolute atomic E-state index is 8.64. The van der Waals surface area contributed by atoms with E-state index in [4.69, 9.17) is 5.11 Å². The molecule has 0 amide bonds. The molecule has 0 aromatic carbocycles. The maximum Gasteiger partial charge on any atom is 0.0644 e. The Kier molecular flexibility index (Phi) is 3.53. The normalized spacial score (nSPS) is 9.00. The number of hydrogen-bond donors (Lipinski definition) is 1. The molecule has 1 heteroatoms. The van der Waals surface area contributed by atoms with E-state index in [1.165, 1.54) is 5.57 Å². The molecular formula is C7H14O. The lowest BCUT2D eigenvalue weighted by Crippen LogP contribution is -1.89. The van der Waals surface area contributed by atoms with Gasteiger partial charge in [0.2, 0.25) is 0 Å². The smallest absolute Gasteiger partial charge is 0.0644 e. The molecule has 0 aromatic heterocycles. The zero-order valence-corrected chi connectivity index (χ0v) is 5.86. The highest BCUT2D eigenvalue weighted by atomic mass is 16.3. The van der Waals surface area contributed by atoms with Gasteiger partial charge in [0.15, 0.2) is 0 Å². The number of hydrogen-bond acceptors (Lipinski definition) is 1. The average molecular weight is 114 g/mol. The molecule has 0 radical (unpaired) electrons. The summed E-state index contributed by atoms with van der Waals surface area (Å²) in [6, 6.07) is 0. The van der Waals surface area contributed by atoms with Crippen LogP contribution in [0.1, 0.15) is 27.2 Å². The SMILES string of the molecule is CCC(CO)=C(C)C. The largest absolute Gasteiger partial charge is 0.392 e. The third-order valence-electron chi connectivity index (χ3n) is 1.32. The van der Waals surface area contributed by atoms with Crippen molar-refractivity contribution in [2.45, 2.75) is 27.2 Å². The Morgan fingerprint density at radius 3 is 1.88 bits per heavy atom. The summed E-state index contributed by atoms with van der Waals surface area (Å²) in [5, 5.41) is 8.64. The summed E-state index contributed by atoms with van der Waals surface area (Å²) in [6.45, 7) is 6.32. The molecule has 0 aliphatic heterocycles. The van der Waals surface area contributed by atoms with E-state index in [0.717, 1.165) is 12.0 Å². The van der Waals surface area contributed by atoms with Crippen LogP contribution >= 0.6 is 0 Å². The van der Waals surface area contributed by atoms with E-state index in [1.807, 2.05) is 13.8 Å². The van der Waals surface area contributed by atoms with Gasteiger partial charge in [-0.3, -0.25) is 0 Å². The molecule has 0 bridgehead atoms. The minimum absolute atomic E-state index is 0.221. The molecule has 0 aliphatic carbocycles. The first kappa shape index (κ1) is 7.70. The highest BCUT2D eigenvalue weighted by Gasteiger charge is 1.90. The summed E-state index contributed by atoms with van der Waals surface area (Å²) >= 11 is 0. The number of allylic oxidation sites excluding steroid dienone is 1. The van der Waals surface area contributed by atoms with Gasteiger partial charge in [0.05, 0.1) is 6.61 Å². The zero-order chi connectivity index (χ0) is 6.57. The van der Waals surface area contributed by atoms with Crippen molar-refractivity contribution < 1.29 is 5.11 Å². The summed E-state index contributed by atoms with van der Waals surface area (Å²) in [4.78, 5) is 0. The Bertz CT molecular complexity index is 82.6. The highest BCUT2D eigenvalue weighted by molar-refractivity contribution is 5.08. The van der Waals surface area contributed by atoms with Crippen molar-refractivity contribution in [1.29, 1.82) is 0 Å². The van der Waals surface area contributed by atoms with Gasteiger partial charge < -0.3 is 5.11 Å². The Balaban J connectivity index is 3.86. The highest BCUT2D eigenvalue weighted by Crippen LogP contribution is 2.04. The van der Waals surface area contributed by atoms with E-state index in [9.17, 15) is 0 Å². The van der Waals surface area contributed by atoms with E-state index in [0.29, 0.717) is 0 Å². The quantitative estimate of drug-likeness (QED) is 0.542. The fourth-order valence-electron chi connectivity index (χ4n) is 0.623. The summed E-state index contributed by atoms with van der Waals surface area (Å²) in [5.41, 5.74) is 2.40. The van der Waals surface area contributed by atoms with Crippen LogP contribution in [0.2, 0.25) is 0 Å². The minimum Gasteiger partial charge on any atom is -0.392 e. The van der Waals surface area contributed by atoms with Gasteiger partial charge in [-0.25, -0.2) is 0 Å². The van der Waals surface area contributed by atoms with Crippen molar-refractivity contribution in [3.63, 3.8) is 0 Å². The average Bonchev–Trinajstić information content (AvgIpc) is 1.69. The second kappa shape index (κ2) is 3.67. The van der Waals surface area contributed by atoms with Crippen LogP contribution in [0.5, 0.6) is 0 Å². The minimum atomic E-state index is 0.221. The molecular weight excluding hydrogens is 100 g/mol. The van der Waals surface area contributed by atoms with Crippen LogP contribution in [-0.4, -0.2) is 11.7 Å². The molecule has 0 aliphatic rings. The van der Waals surface area contributed by atoms with E-state index in [-0.39, 0.29) is 6.61 Å². The topological polar surface area (TPSA) is 20.2 Å². The molecule has 0 spiro atoms. The predicted molar refractivity (Wildman–Crippen MR) is 35.8 cm³/mol. The molecule has 1 N–H and O–H groups in total. The molecule has 0 fully saturated rings. The maximum atomic E-state index is 8.64. The van der Waals surface area contributed by atoms with Crippen LogP contribution in [0.4, 0.5) is 0 Å². The molecule has 0 aromatic rings. The van der Waals surface area contributed by atoms with Crippen molar-refractivity contribution in [2.75, 3.05) is 6.61 Å². The fourth-order valence-corrected chi connectivity index (χ4v) is 0.623. The van der Waals surface area contributed by atoms with E-state index in [2.05, 4.69) is 6.92 Å². The molecule has 0 unspecified atom stereocenters. The van der Waals surface area contributed by atoms with Crippen LogP contribution < -0.4 is 0 Å². The van der Waals surface area contributed by atoms with Crippen molar-refractivity contribution in [3.8, 4) is 0 Å². The van der Waals surface area contributed by atoms with Crippen molar-refractivity contribution in [1.82, 2.24) is 0 Å². The first-order valence-electron chi connectivity index (χ1n) is 2.98. The van der Waals surface area contributed by atoms with Gasteiger partial charge in [-0.2, -0.15) is 0 Å². The molecule has 8 heavy (non-hydrogen) atoms. The lowest BCUT2D eigenvalue weighted by atomic mass is 10.1. The lowest BCUT2D eigenvalue weighted by Gasteiger charge is -1.99. The Labute approximate surface area is 51.0 Å². The Morgan fingerprint density at radius 1 is 1.38 bits per heavy atom. The zero-order valence-electron chi connectivity index (χ0n) is 5.86. The summed E-state index contributed by atoms with van der Waals surface area (Å²) < 4.78 is 0. The number of aliphatic hydroxyl groups excluding tert-OH is 1.